The summed E-state index contributed by atoms with van der Waals surface area (Å²) in [6, 6.07) is 11.9. The second kappa shape index (κ2) is 8.62. The third-order valence-corrected chi connectivity index (χ3v) is 5.56. The van der Waals surface area contributed by atoms with Crippen LogP contribution in [0, 0.1) is 0 Å². The van der Waals surface area contributed by atoms with Crippen molar-refractivity contribution < 1.29 is 18.9 Å². The minimum atomic E-state index is -0.0529. The van der Waals surface area contributed by atoms with Gasteiger partial charge in [0.05, 0.1) is 30.5 Å². The number of nitrogens with zero attached hydrogens (tertiary/aromatic N) is 3. The minimum absolute atomic E-state index is 0.0489. The van der Waals surface area contributed by atoms with Crippen LogP contribution >= 0.6 is 0 Å². The van der Waals surface area contributed by atoms with Crippen LogP contribution < -0.4 is 9.47 Å². The molecule has 4 heterocycles. The van der Waals surface area contributed by atoms with Crippen LogP contribution in [0.3, 0.4) is 0 Å². The molecule has 0 aliphatic carbocycles. The first-order valence-electron chi connectivity index (χ1n) is 10.8. The quantitative estimate of drug-likeness (QED) is 0.595. The van der Waals surface area contributed by atoms with E-state index in [9.17, 15) is 0 Å². The maximum Gasteiger partial charge on any atom is 0.213 e. The highest BCUT2D eigenvalue weighted by molar-refractivity contribution is 5.93. The number of hydrogen-bond acceptors (Lipinski definition) is 6. The van der Waals surface area contributed by atoms with Gasteiger partial charge in [0.15, 0.2) is 6.23 Å². The summed E-state index contributed by atoms with van der Waals surface area (Å²) in [7, 11) is 0. The van der Waals surface area contributed by atoms with Crippen LogP contribution in [0.2, 0.25) is 0 Å². The monoisotopic (exact) mass is 409 g/mol. The van der Waals surface area contributed by atoms with E-state index in [-0.39, 0.29) is 12.3 Å². The van der Waals surface area contributed by atoms with Gasteiger partial charge < -0.3 is 18.9 Å². The second-order valence-electron chi connectivity index (χ2n) is 7.83. The average Bonchev–Trinajstić information content (AvgIpc) is 3.15. The van der Waals surface area contributed by atoms with Gasteiger partial charge in [-0.25, -0.2) is 9.67 Å². The van der Waals surface area contributed by atoms with Crippen molar-refractivity contribution in [3.8, 4) is 23.0 Å². The van der Waals surface area contributed by atoms with Crippen molar-refractivity contribution in [1.82, 2.24) is 14.8 Å². The normalized spacial score (nSPS) is 22.7. The molecule has 2 atom stereocenters. The summed E-state index contributed by atoms with van der Waals surface area (Å²) in [6.07, 6.45) is 4.01. The van der Waals surface area contributed by atoms with Crippen molar-refractivity contribution in [1.29, 1.82) is 0 Å². The molecular weight excluding hydrogens is 382 g/mol. The molecule has 7 nitrogen and oxygen atoms in total. The third kappa shape index (κ3) is 4.00. The van der Waals surface area contributed by atoms with Crippen LogP contribution in [0.4, 0.5) is 0 Å². The zero-order valence-electron chi connectivity index (χ0n) is 17.3. The molecule has 30 heavy (non-hydrogen) atoms. The molecule has 0 spiro atoms. The molecule has 2 aliphatic heterocycles. The largest absolute Gasteiger partial charge is 0.491 e. The van der Waals surface area contributed by atoms with E-state index in [1.807, 2.05) is 28.9 Å². The molecule has 3 aromatic rings. The van der Waals surface area contributed by atoms with Crippen molar-refractivity contribution in [2.75, 3.05) is 26.4 Å². The van der Waals surface area contributed by atoms with E-state index in [1.165, 1.54) is 0 Å². The number of hydrogen-bond donors (Lipinski definition) is 0. The van der Waals surface area contributed by atoms with Gasteiger partial charge in [0, 0.05) is 24.5 Å². The van der Waals surface area contributed by atoms with E-state index in [4.69, 9.17) is 29.0 Å². The molecule has 2 aromatic heterocycles. The predicted octanol–water partition coefficient (Wildman–Crippen LogP) is 4.36. The summed E-state index contributed by atoms with van der Waals surface area (Å²) < 4.78 is 25.7. The number of benzene rings is 1. The lowest BCUT2D eigenvalue weighted by Crippen LogP contribution is -2.19. The van der Waals surface area contributed by atoms with Gasteiger partial charge in [-0.05, 0) is 50.5 Å². The van der Waals surface area contributed by atoms with E-state index in [2.05, 4.69) is 19.1 Å². The molecule has 0 saturated carbocycles. The number of fused-ring (bicyclic) bond motifs is 4. The number of pyridine rings is 1. The molecule has 4 bridgehead atoms. The Bertz CT molecular complexity index is 1010. The standard InChI is InChI=1S/C23H27N3O4/c1-16-10-12-27-13-14-28-21-6-4-5-19(24-21)23-18-15-17(30-16)8-9-20(18)26(25-23)22-7-2-3-11-29-22/h4-6,8-9,15-16,22H,2-3,7,10-14H2,1H3/t16-,22?/m0/s1. The summed E-state index contributed by atoms with van der Waals surface area (Å²) in [5.74, 6) is 1.39. The Morgan fingerprint density at radius 3 is 2.87 bits per heavy atom. The van der Waals surface area contributed by atoms with E-state index >= 15 is 0 Å². The van der Waals surface area contributed by atoms with Gasteiger partial charge in [0.1, 0.15) is 18.1 Å². The Morgan fingerprint density at radius 1 is 1.00 bits per heavy atom. The zero-order valence-corrected chi connectivity index (χ0v) is 17.3. The predicted molar refractivity (Wildman–Crippen MR) is 113 cm³/mol. The van der Waals surface area contributed by atoms with Gasteiger partial charge in [0.2, 0.25) is 5.88 Å². The fourth-order valence-electron chi connectivity index (χ4n) is 3.99. The van der Waals surface area contributed by atoms with Crippen molar-refractivity contribution in [2.45, 2.75) is 44.9 Å². The van der Waals surface area contributed by atoms with Gasteiger partial charge >= 0.3 is 0 Å². The number of rotatable bonds is 1. The first-order valence-corrected chi connectivity index (χ1v) is 10.8. The Hall–Kier alpha value is -2.64. The van der Waals surface area contributed by atoms with Crippen molar-refractivity contribution in [2.24, 2.45) is 0 Å². The summed E-state index contributed by atoms with van der Waals surface area (Å²) in [4.78, 5) is 4.70. The van der Waals surface area contributed by atoms with Crippen molar-refractivity contribution in [3.63, 3.8) is 0 Å². The van der Waals surface area contributed by atoms with Crippen LogP contribution in [0.25, 0.3) is 22.3 Å². The molecule has 7 heteroatoms. The lowest BCUT2D eigenvalue weighted by molar-refractivity contribution is -0.0365. The molecule has 0 amide bonds. The van der Waals surface area contributed by atoms with Gasteiger partial charge in [-0.15, -0.1) is 0 Å². The Labute approximate surface area is 175 Å². The summed E-state index contributed by atoms with van der Waals surface area (Å²) in [5, 5.41) is 5.96. The molecule has 0 radical (unpaired) electrons. The van der Waals surface area contributed by atoms with Crippen LogP contribution in [0.1, 0.15) is 38.8 Å². The van der Waals surface area contributed by atoms with Crippen molar-refractivity contribution in [3.05, 3.63) is 36.4 Å². The van der Waals surface area contributed by atoms with E-state index < -0.39 is 0 Å². The molecule has 1 saturated heterocycles. The number of aromatic nitrogens is 3. The molecule has 1 unspecified atom stereocenters. The second-order valence-corrected chi connectivity index (χ2v) is 7.83. The minimum Gasteiger partial charge on any atom is -0.491 e. The molecule has 0 N–H and O–H groups in total. The fraction of sp³-hybridized carbons (Fsp3) is 0.478. The van der Waals surface area contributed by atoms with Crippen molar-refractivity contribution >= 4 is 10.9 Å². The molecule has 5 rings (SSSR count). The van der Waals surface area contributed by atoms with Gasteiger partial charge in [-0.3, -0.25) is 0 Å². The average molecular weight is 409 g/mol. The highest BCUT2D eigenvalue weighted by Crippen LogP contribution is 2.35. The van der Waals surface area contributed by atoms with Gasteiger partial charge in [-0.1, -0.05) is 6.07 Å². The maximum absolute atomic E-state index is 6.16. The molecule has 1 fully saturated rings. The number of ether oxygens (including phenoxy) is 4. The Morgan fingerprint density at radius 2 is 1.97 bits per heavy atom. The van der Waals surface area contributed by atoms with Crippen LogP contribution in [0.5, 0.6) is 11.6 Å². The first kappa shape index (κ1) is 19.3. The molecule has 2 aliphatic rings. The SMILES string of the molecule is C[C@H]1CCOCCOc2cccc(n2)-c2nn(C3CCCCO3)c3ccc(cc23)O1. The topological polar surface area (TPSA) is 67.6 Å². The van der Waals surface area contributed by atoms with E-state index in [1.54, 1.807) is 0 Å². The highest BCUT2D eigenvalue weighted by atomic mass is 16.5. The Balaban J connectivity index is 1.63. The van der Waals surface area contributed by atoms with E-state index in [0.29, 0.717) is 25.7 Å². The third-order valence-electron chi connectivity index (χ3n) is 5.56. The molecule has 158 valence electrons. The lowest BCUT2D eigenvalue weighted by Gasteiger charge is -2.23. The van der Waals surface area contributed by atoms with Gasteiger partial charge in [-0.2, -0.15) is 5.10 Å². The van der Waals surface area contributed by atoms with E-state index in [0.717, 1.165) is 60.3 Å². The maximum atomic E-state index is 6.16. The van der Waals surface area contributed by atoms with Crippen LogP contribution in [-0.2, 0) is 9.47 Å². The molecular formula is C23H27N3O4. The molecule has 1 aromatic carbocycles. The van der Waals surface area contributed by atoms with Gasteiger partial charge in [0.25, 0.3) is 0 Å². The van der Waals surface area contributed by atoms with Crippen LogP contribution in [0.15, 0.2) is 36.4 Å². The zero-order chi connectivity index (χ0) is 20.3. The fourth-order valence-corrected chi connectivity index (χ4v) is 3.99. The highest BCUT2D eigenvalue weighted by Gasteiger charge is 2.23. The first-order chi connectivity index (χ1) is 14.8. The summed E-state index contributed by atoms with van der Waals surface area (Å²) >= 11 is 0. The summed E-state index contributed by atoms with van der Waals surface area (Å²) in [5.41, 5.74) is 2.61. The van der Waals surface area contributed by atoms with Crippen LogP contribution in [-0.4, -0.2) is 47.3 Å². The smallest absolute Gasteiger partial charge is 0.213 e. The Kier molecular flexibility index (Phi) is 5.55. The lowest BCUT2D eigenvalue weighted by atomic mass is 10.1. The summed E-state index contributed by atoms with van der Waals surface area (Å²) in [6.45, 7) is 4.43.